The van der Waals surface area contributed by atoms with E-state index in [2.05, 4.69) is 0 Å². The second-order valence-corrected chi connectivity index (χ2v) is 9.42. The van der Waals surface area contributed by atoms with Crippen LogP contribution >= 0.6 is 0 Å². The van der Waals surface area contributed by atoms with E-state index in [9.17, 15) is 18.4 Å². The van der Waals surface area contributed by atoms with Gasteiger partial charge in [0.15, 0.2) is 5.82 Å². The number of ether oxygens (including phenoxy) is 2. The first-order valence-electron chi connectivity index (χ1n) is 11.3. The number of aromatic nitrogens is 1. The molecule has 0 N–H and O–H groups in total. The monoisotopic (exact) mass is 463 g/mol. The molecule has 1 fully saturated rings. The second-order valence-electron chi connectivity index (χ2n) is 9.42. The van der Waals surface area contributed by atoms with E-state index in [1.165, 1.54) is 12.3 Å². The average Bonchev–Trinajstić information content (AvgIpc) is 3.58. The van der Waals surface area contributed by atoms with Gasteiger partial charge in [-0.05, 0) is 62.6 Å². The number of benzene rings is 1. The van der Waals surface area contributed by atoms with Crippen LogP contribution < -0.4 is 10.2 Å². The summed E-state index contributed by atoms with van der Waals surface area (Å²) in [6.45, 7) is 7.79. The highest BCUT2D eigenvalue weighted by Gasteiger charge is 2.40. The number of pyridine rings is 1. The highest BCUT2D eigenvalue weighted by Crippen LogP contribution is 2.46. The summed E-state index contributed by atoms with van der Waals surface area (Å²) in [5, 5.41) is 0. The number of carbonyl (C=O) groups excluding carboxylic acids is 1. The summed E-state index contributed by atoms with van der Waals surface area (Å²) in [4.78, 5) is 25.1. The number of fused-ring (bicyclic) bond motifs is 3. The van der Waals surface area contributed by atoms with Crippen molar-refractivity contribution in [3.63, 3.8) is 0 Å². The minimum Gasteiger partial charge on any atom is -0.493 e. The first-order valence-corrected chi connectivity index (χ1v) is 11.3. The summed E-state index contributed by atoms with van der Waals surface area (Å²) in [6, 6.07) is 2.78. The number of alkyl halides is 2. The average molecular weight is 463 g/mol. The fourth-order valence-corrected chi connectivity index (χ4v) is 4.34. The first kappa shape index (κ1) is 23.4. The van der Waals surface area contributed by atoms with E-state index in [0.717, 1.165) is 12.8 Å². The van der Waals surface area contributed by atoms with Gasteiger partial charge < -0.3 is 14.0 Å². The van der Waals surface area contributed by atoms with Gasteiger partial charge in [0.1, 0.15) is 11.3 Å². The van der Waals surface area contributed by atoms with Gasteiger partial charge in [0.05, 0.1) is 24.5 Å². The molecule has 8 heteroatoms. The maximum absolute atomic E-state index is 15.6. The summed E-state index contributed by atoms with van der Waals surface area (Å²) < 4.78 is 55.6. The van der Waals surface area contributed by atoms with Crippen LogP contribution in [0.5, 0.6) is 5.75 Å². The van der Waals surface area contributed by atoms with Crippen molar-refractivity contribution in [3.8, 4) is 17.0 Å². The van der Waals surface area contributed by atoms with Gasteiger partial charge >= 0.3 is 5.97 Å². The molecule has 178 valence electrons. The van der Waals surface area contributed by atoms with Gasteiger partial charge in [-0.15, -0.1) is 0 Å². The molecule has 1 unspecified atom stereocenters. The van der Waals surface area contributed by atoms with Crippen LogP contribution in [0.2, 0.25) is 0 Å². The molecule has 1 saturated carbocycles. The standard InChI is InChI=1S/C25H28F3NO4/c1-5-32-24(31)18-11-29-21(20(26)22(18)30)16-9-17(23(27)28)19(33-12-14-6-7-14)8-15(16)10-25(29,4)13(2)3/h8-9,11,13-14,23H,5-7,10,12H2,1-4H3. The molecule has 0 bridgehead atoms. The molecule has 1 aliphatic heterocycles. The van der Waals surface area contributed by atoms with E-state index in [-0.39, 0.29) is 35.1 Å². The summed E-state index contributed by atoms with van der Waals surface area (Å²) in [5.41, 5.74) is -1.83. The van der Waals surface area contributed by atoms with Crippen LogP contribution in [0.1, 0.15) is 68.4 Å². The lowest BCUT2D eigenvalue weighted by molar-refractivity contribution is 0.0521. The van der Waals surface area contributed by atoms with Gasteiger partial charge in [-0.3, -0.25) is 4.79 Å². The fraction of sp³-hybridized carbons (Fsp3) is 0.520. The van der Waals surface area contributed by atoms with Crippen LogP contribution in [0, 0.1) is 17.7 Å². The summed E-state index contributed by atoms with van der Waals surface area (Å²) in [6.07, 6.45) is 0.905. The molecule has 1 aromatic carbocycles. The molecule has 2 aromatic rings. The molecule has 33 heavy (non-hydrogen) atoms. The molecule has 1 aromatic heterocycles. The molecule has 0 radical (unpaired) electrons. The lowest BCUT2D eigenvalue weighted by atomic mass is 9.76. The van der Waals surface area contributed by atoms with Crippen molar-refractivity contribution >= 4 is 5.97 Å². The first-order chi connectivity index (χ1) is 15.6. The van der Waals surface area contributed by atoms with E-state index < -0.39 is 34.7 Å². The van der Waals surface area contributed by atoms with Gasteiger partial charge in [-0.1, -0.05) is 13.8 Å². The van der Waals surface area contributed by atoms with E-state index in [1.54, 1.807) is 17.6 Å². The Bertz CT molecular complexity index is 1150. The predicted octanol–water partition coefficient (Wildman–Crippen LogP) is 5.48. The Hall–Kier alpha value is -2.77. The number of carbonyl (C=O) groups is 1. The Morgan fingerprint density at radius 1 is 1.27 bits per heavy atom. The predicted molar refractivity (Wildman–Crippen MR) is 117 cm³/mol. The quantitative estimate of drug-likeness (QED) is 0.510. The van der Waals surface area contributed by atoms with Crippen LogP contribution in [0.3, 0.4) is 0 Å². The highest BCUT2D eigenvalue weighted by atomic mass is 19.3. The third-order valence-corrected chi connectivity index (χ3v) is 6.89. The highest BCUT2D eigenvalue weighted by molar-refractivity contribution is 5.89. The molecule has 0 amide bonds. The number of rotatable bonds is 7. The summed E-state index contributed by atoms with van der Waals surface area (Å²) in [5.74, 6) is -1.62. The SMILES string of the molecule is CCOC(=O)c1cn2c(c(F)c1=O)-c1cc(C(F)F)c(OCC3CC3)cc1CC2(C)C(C)C. The third kappa shape index (κ3) is 4.04. The molecular formula is C25H28F3NO4. The van der Waals surface area contributed by atoms with E-state index in [1.807, 2.05) is 20.8 Å². The zero-order chi connectivity index (χ0) is 24.1. The van der Waals surface area contributed by atoms with E-state index in [0.29, 0.717) is 24.5 Å². The van der Waals surface area contributed by atoms with Crippen LogP contribution in [-0.4, -0.2) is 23.8 Å². The minimum absolute atomic E-state index is 0.0350. The van der Waals surface area contributed by atoms with Crippen molar-refractivity contribution < 1.29 is 27.4 Å². The molecule has 1 atom stereocenters. The lowest BCUT2D eigenvalue weighted by Crippen LogP contribution is -2.43. The molecule has 2 aliphatic rings. The zero-order valence-corrected chi connectivity index (χ0v) is 19.2. The Morgan fingerprint density at radius 3 is 2.55 bits per heavy atom. The zero-order valence-electron chi connectivity index (χ0n) is 19.2. The third-order valence-electron chi connectivity index (χ3n) is 6.89. The van der Waals surface area contributed by atoms with E-state index in [4.69, 9.17) is 9.47 Å². The van der Waals surface area contributed by atoms with Crippen molar-refractivity contribution in [2.24, 2.45) is 11.8 Å². The Kier molecular flexibility index (Phi) is 6.05. The lowest BCUT2D eigenvalue weighted by Gasteiger charge is -2.43. The van der Waals surface area contributed by atoms with Gasteiger partial charge in [-0.2, -0.15) is 0 Å². The summed E-state index contributed by atoms with van der Waals surface area (Å²) in [7, 11) is 0. The topological polar surface area (TPSA) is 57.5 Å². The number of hydrogen-bond acceptors (Lipinski definition) is 4. The van der Waals surface area contributed by atoms with Crippen molar-refractivity contribution in [1.82, 2.24) is 4.57 Å². The normalized spacial score (nSPS) is 19.4. The van der Waals surface area contributed by atoms with Gasteiger partial charge in [0.2, 0.25) is 5.43 Å². The van der Waals surface area contributed by atoms with Crippen LogP contribution in [-0.2, 0) is 16.7 Å². The van der Waals surface area contributed by atoms with Crippen LogP contribution in [0.15, 0.2) is 23.1 Å². The van der Waals surface area contributed by atoms with Gasteiger partial charge in [-0.25, -0.2) is 18.0 Å². The number of esters is 1. The van der Waals surface area contributed by atoms with Crippen molar-refractivity contribution in [3.05, 3.63) is 51.1 Å². The maximum atomic E-state index is 15.6. The van der Waals surface area contributed by atoms with Crippen molar-refractivity contribution in [2.45, 2.75) is 58.9 Å². The van der Waals surface area contributed by atoms with Crippen LogP contribution in [0.25, 0.3) is 11.3 Å². The molecule has 2 heterocycles. The number of halogens is 3. The molecular weight excluding hydrogens is 435 g/mol. The Morgan fingerprint density at radius 2 is 1.97 bits per heavy atom. The Balaban J connectivity index is 1.95. The van der Waals surface area contributed by atoms with E-state index >= 15 is 4.39 Å². The van der Waals surface area contributed by atoms with Gasteiger partial charge in [0, 0.05) is 17.3 Å². The number of nitrogens with zero attached hydrogens (tertiary/aromatic N) is 1. The molecule has 1 aliphatic carbocycles. The molecule has 0 saturated heterocycles. The Labute approximate surface area is 190 Å². The minimum atomic E-state index is -2.83. The van der Waals surface area contributed by atoms with Crippen molar-refractivity contribution in [1.29, 1.82) is 0 Å². The fourth-order valence-electron chi connectivity index (χ4n) is 4.34. The summed E-state index contributed by atoms with van der Waals surface area (Å²) >= 11 is 0. The second kappa shape index (κ2) is 8.54. The smallest absolute Gasteiger partial charge is 0.343 e. The molecule has 5 nitrogen and oxygen atoms in total. The number of hydrogen-bond donors (Lipinski definition) is 0. The van der Waals surface area contributed by atoms with Crippen LogP contribution in [0.4, 0.5) is 13.2 Å². The van der Waals surface area contributed by atoms with Crippen molar-refractivity contribution in [2.75, 3.05) is 13.2 Å². The molecule has 0 spiro atoms. The van der Waals surface area contributed by atoms with Gasteiger partial charge in [0.25, 0.3) is 6.43 Å². The largest absolute Gasteiger partial charge is 0.493 e. The molecule has 4 rings (SSSR count). The maximum Gasteiger partial charge on any atom is 0.343 e.